The molecule has 1 fully saturated rings. The van der Waals surface area contributed by atoms with E-state index in [4.69, 9.17) is 0 Å². The van der Waals surface area contributed by atoms with Gasteiger partial charge in [0.2, 0.25) is 0 Å². The number of fused-ring (bicyclic) bond motifs is 1. The van der Waals surface area contributed by atoms with Crippen LogP contribution in [0.2, 0.25) is 0 Å². The number of ketones is 1. The van der Waals surface area contributed by atoms with Crippen LogP contribution in [0.1, 0.15) is 17.2 Å². The number of Topliss-reactive ketones (excluding diaryl/α,β-unsaturated/α-hetero) is 1. The Morgan fingerprint density at radius 2 is 1.48 bits per heavy atom. The van der Waals surface area contributed by atoms with Crippen LogP contribution in [0.3, 0.4) is 0 Å². The molecule has 1 aliphatic heterocycles. The van der Waals surface area contributed by atoms with Crippen molar-refractivity contribution < 1.29 is 27.9 Å². The molecule has 1 aliphatic rings. The van der Waals surface area contributed by atoms with Gasteiger partial charge in [-0.15, -0.1) is 0 Å². The molecule has 33 heavy (non-hydrogen) atoms. The van der Waals surface area contributed by atoms with Crippen molar-refractivity contribution in [3.8, 4) is 0 Å². The molecule has 164 valence electrons. The first kappa shape index (κ1) is 20.9. The van der Waals surface area contributed by atoms with Crippen molar-refractivity contribution >= 4 is 44.1 Å². The van der Waals surface area contributed by atoms with Gasteiger partial charge in [0.15, 0.2) is 5.13 Å². The zero-order chi connectivity index (χ0) is 23.3. The maximum atomic E-state index is 13.7. The maximum Gasteiger partial charge on any atom is 0.301 e. The summed E-state index contributed by atoms with van der Waals surface area (Å²) in [4.78, 5) is 31.6. The minimum atomic E-state index is -1.12. The third kappa shape index (κ3) is 3.56. The molecule has 5 nitrogen and oxygen atoms in total. The van der Waals surface area contributed by atoms with Gasteiger partial charge in [-0.2, -0.15) is 0 Å². The molecule has 5 rings (SSSR count). The number of thiazole rings is 1. The molecule has 1 atom stereocenters. The number of nitrogens with zero attached hydrogens (tertiary/aromatic N) is 2. The van der Waals surface area contributed by atoms with Crippen LogP contribution in [0.15, 0.2) is 72.3 Å². The van der Waals surface area contributed by atoms with Gasteiger partial charge >= 0.3 is 5.91 Å². The topological polar surface area (TPSA) is 70.5 Å². The van der Waals surface area contributed by atoms with Gasteiger partial charge in [0.05, 0.1) is 21.8 Å². The molecular weight excluding hydrogens is 453 g/mol. The summed E-state index contributed by atoms with van der Waals surface area (Å²) in [6.07, 6.45) is 0. The first-order valence-corrected chi connectivity index (χ1v) is 10.5. The van der Waals surface area contributed by atoms with Crippen LogP contribution in [-0.4, -0.2) is 21.8 Å². The van der Waals surface area contributed by atoms with Crippen molar-refractivity contribution in [2.45, 2.75) is 6.04 Å². The quantitative estimate of drug-likeness (QED) is 0.251. The van der Waals surface area contributed by atoms with Gasteiger partial charge in [0.1, 0.15) is 23.2 Å². The van der Waals surface area contributed by atoms with E-state index in [2.05, 4.69) is 4.98 Å². The number of hydrogen-bond donors (Lipinski definition) is 1. The normalized spacial score (nSPS) is 17.8. The number of carbonyl (C=O) groups is 2. The van der Waals surface area contributed by atoms with Crippen LogP contribution < -0.4 is 4.90 Å². The van der Waals surface area contributed by atoms with Gasteiger partial charge in [-0.25, -0.2) is 18.2 Å². The summed E-state index contributed by atoms with van der Waals surface area (Å²) in [5, 5.41) is 11.1. The molecule has 0 saturated carbocycles. The first-order valence-electron chi connectivity index (χ1n) is 9.72. The molecule has 1 saturated heterocycles. The average molecular weight is 466 g/mol. The van der Waals surface area contributed by atoms with Gasteiger partial charge < -0.3 is 5.11 Å². The summed E-state index contributed by atoms with van der Waals surface area (Å²) < 4.78 is 41.1. The van der Waals surface area contributed by atoms with Crippen molar-refractivity contribution in [2.75, 3.05) is 4.90 Å². The van der Waals surface area contributed by atoms with Crippen LogP contribution in [0.5, 0.6) is 0 Å². The van der Waals surface area contributed by atoms with Crippen molar-refractivity contribution in [1.82, 2.24) is 4.98 Å². The smallest absolute Gasteiger partial charge is 0.301 e. The Morgan fingerprint density at radius 1 is 0.879 bits per heavy atom. The van der Waals surface area contributed by atoms with E-state index in [9.17, 15) is 27.9 Å². The molecule has 1 aromatic heterocycles. The second-order valence-electron chi connectivity index (χ2n) is 7.34. The summed E-state index contributed by atoms with van der Waals surface area (Å²) in [7, 11) is 0. The Kier molecular flexibility index (Phi) is 4.98. The van der Waals surface area contributed by atoms with E-state index in [-0.39, 0.29) is 16.3 Å². The second-order valence-corrected chi connectivity index (χ2v) is 8.35. The number of hydrogen-bond acceptors (Lipinski definition) is 5. The highest BCUT2D eigenvalue weighted by atomic mass is 32.1. The number of amides is 1. The number of aliphatic hydroxyl groups excluding tert-OH is 1. The van der Waals surface area contributed by atoms with E-state index < -0.39 is 40.9 Å². The van der Waals surface area contributed by atoms with E-state index in [0.717, 1.165) is 28.4 Å². The minimum Gasteiger partial charge on any atom is -0.507 e. The monoisotopic (exact) mass is 466 g/mol. The lowest BCUT2D eigenvalue weighted by Crippen LogP contribution is -2.29. The first-order chi connectivity index (χ1) is 15.8. The van der Waals surface area contributed by atoms with Crippen LogP contribution in [0, 0.1) is 17.5 Å². The Balaban J connectivity index is 1.73. The number of benzene rings is 3. The molecule has 0 radical (unpaired) electrons. The molecule has 0 aliphatic carbocycles. The SMILES string of the molecule is O=C1C(=O)N(c2nc3ccc(F)cc3s2)[C@H](c2ccc(F)cc2)C1=C(O)c1ccc(F)cc1. The fourth-order valence-corrected chi connectivity index (χ4v) is 4.76. The molecule has 9 heteroatoms. The number of rotatable bonds is 3. The third-order valence-electron chi connectivity index (χ3n) is 5.29. The summed E-state index contributed by atoms with van der Waals surface area (Å²) in [5.74, 6) is -3.97. The van der Waals surface area contributed by atoms with Crippen molar-refractivity contribution in [1.29, 1.82) is 0 Å². The molecule has 1 amide bonds. The molecule has 4 aromatic rings. The summed E-state index contributed by atoms with van der Waals surface area (Å²) in [6.45, 7) is 0. The van der Waals surface area contributed by atoms with Crippen LogP contribution in [0.4, 0.5) is 18.3 Å². The molecule has 0 unspecified atom stereocenters. The van der Waals surface area contributed by atoms with Crippen LogP contribution in [-0.2, 0) is 9.59 Å². The third-order valence-corrected chi connectivity index (χ3v) is 6.31. The summed E-state index contributed by atoms with van der Waals surface area (Å²) in [6, 6.07) is 12.7. The van der Waals surface area contributed by atoms with Gasteiger partial charge in [-0.1, -0.05) is 23.5 Å². The Bertz CT molecular complexity index is 1450. The number of aromatic nitrogens is 1. The van der Waals surface area contributed by atoms with E-state index in [0.29, 0.717) is 15.8 Å². The highest BCUT2D eigenvalue weighted by molar-refractivity contribution is 7.22. The zero-order valence-corrected chi connectivity index (χ0v) is 17.4. The van der Waals surface area contributed by atoms with E-state index in [1.165, 1.54) is 54.6 Å². The van der Waals surface area contributed by atoms with Crippen molar-refractivity contribution in [3.63, 3.8) is 0 Å². The molecule has 3 aromatic carbocycles. The Morgan fingerprint density at radius 3 is 2.15 bits per heavy atom. The Hall–Kier alpha value is -3.98. The van der Waals surface area contributed by atoms with Crippen LogP contribution >= 0.6 is 11.3 Å². The zero-order valence-electron chi connectivity index (χ0n) is 16.6. The number of carbonyl (C=O) groups excluding carboxylic acids is 2. The maximum absolute atomic E-state index is 13.7. The summed E-state index contributed by atoms with van der Waals surface area (Å²) >= 11 is 1.00. The predicted molar refractivity (Wildman–Crippen MR) is 117 cm³/mol. The fourth-order valence-electron chi connectivity index (χ4n) is 3.74. The largest absolute Gasteiger partial charge is 0.507 e. The molecular formula is C24H13F3N2O3S. The predicted octanol–water partition coefficient (Wildman–Crippen LogP) is 5.34. The fraction of sp³-hybridized carbons (Fsp3) is 0.0417. The van der Waals surface area contributed by atoms with Gasteiger partial charge in [0, 0.05) is 5.56 Å². The summed E-state index contributed by atoms with van der Waals surface area (Å²) in [5.41, 5.74) is 0.663. The lowest BCUT2D eigenvalue weighted by Gasteiger charge is -2.23. The number of aliphatic hydroxyl groups is 1. The van der Waals surface area contributed by atoms with E-state index in [1.807, 2.05) is 0 Å². The standard InChI is InChI=1S/C24H13F3N2O3S/c25-14-5-1-12(2-6-14)20-19(21(30)13-3-7-15(26)8-4-13)22(31)23(32)29(20)24-28-17-10-9-16(27)11-18(17)33-24/h1-11,20,30H/t20-/m1/s1. The van der Waals surface area contributed by atoms with E-state index in [1.54, 1.807) is 0 Å². The van der Waals surface area contributed by atoms with Crippen molar-refractivity contribution in [3.05, 3.63) is 101 Å². The van der Waals surface area contributed by atoms with E-state index >= 15 is 0 Å². The molecule has 0 spiro atoms. The highest BCUT2D eigenvalue weighted by Crippen LogP contribution is 2.44. The minimum absolute atomic E-state index is 0.116. The van der Waals surface area contributed by atoms with Gasteiger partial charge in [-0.3, -0.25) is 14.5 Å². The lowest BCUT2D eigenvalue weighted by atomic mass is 9.95. The van der Waals surface area contributed by atoms with Gasteiger partial charge in [0.25, 0.3) is 5.78 Å². The Labute approximate surface area is 189 Å². The molecule has 2 heterocycles. The number of halogens is 3. The molecule has 1 N–H and O–H groups in total. The lowest BCUT2D eigenvalue weighted by molar-refractivity contribution is -0.132. The number of anilines is 1. The molecule has 0 bridgehead atoms. The van der Waals surface area contributed by atoms with Gasteiger partial charge in [-0.05, 0) is 60.2 Å². The van der Waals surface area contributed by atoms with Crippen molar-refractivity contribution in [2.24, 2.45) is 0 Å². The average Bonchev–Trinajstić information content (AvgIpc) is 3.32. The second kappa shape index (κ2) is 7.86. The van der Waals surface area contributed by atoms with Crippen LogP contribution in [0.25, 0.3) is 16.0 Å². The highest BCUT2D eigenvalue weighted by Gasteiger charge is 2.48.